The van der Waals surface area contributed by atoms with E-state index in [1.165, 1.54) is 12.5 Å². The predicted octanol–water partition coefficient (Wildman–Crippen LogP) is 1.74. The standard InChI is InChI=1S/C21H30N4O3/c1-15(26)22-19-6-4-18(5-7-19)13-25-14-20(23-16(2)27)12-21(25)8-10-24(11-9-21)17(3)28/h4-7,20H,8-14H2,1-3H3,(H,22,26)(H,23,27)/t20-/m1/s1. The molecule has 0 aliphatic carbocycles. The van der Waals surface area contributed by atoms with Crippen LogP contribution in [0.1, 0.15) is 45.6 Å². The van der Waals surface area contributed by atoms with E-state index in [2.05, 4.69) is 15.5 Å². The lowest BCUT2D eigenvalue weighted by Gasteiger charge is -2.45. The monoisotopic (exact) mass is 386 g/mol. The smallest absolute Gasteiger partial charge is 0.221 e. The van der Waals surface area contributed by atoms with Gasteiger partial charge in [-0.3, -0.25) is 19.3 Å². The lowest BCUT2D eigenvalue weighted by molar-refractivity contribution is -0.131. The first-order chi connectivity index (χ1) is 13.3. The van der Waals surface area contributed by atoms with Gasteiger partial charge in [0.2, 0.25) is 17.7 Å². The Morgan fingerprint density at radius 2 is 1.68 bits per heavy atom. The van der Waals surface area contributed by atoms with Gasteiger partial charge in [-0.15, -0.1) is 0 Å². The van der Waals surface area contributed by atoms with Crippen molar-refractivity contribution in [2.75, 3.05) is 25.0 Å². The highest BCUT2D eigenvalue weighted by Gasteiger charge is 2.47. The van der Waals surface area contributed by atoms with Gasteiger partial charge in [-0.1, -0.05) is 12.1 Å². The molecule has 2 saturated heterocycles. The highest BCUT2D eigenvalue weighted by Crippen LogP contribution is 2.39. The molecule has 2 N–H and O–H groups in total. The molecule has 1 aromatic carbocycles. The fourth-order valence-electron chi connectivity index (χ4n) is 4.60. The van der Waals surface area contributed by atoms with Gasteiger partial charge in [-0.25, -0.2) is 0 Å². The van der Waals surface area contributed by atoms with Crippen LogP contribution in [-0.2, 0) is 20.9 Å². The van der Waals surface area contributed by atoms with Crippen molar-refractivity contribution in [2.24, 2.45) is 0 Å². The van der Waals surface area contributed by atoms with Gasteiger partial charge in [0.1, 0.15) is 0 Å². The molecule has 0 radical (unpaired) electrons. The van der Waals surface area contributed by atoms with Gasteiger partial charge in [-0.2, -0.15) is 0 Å². The van der Waals surface area contributed by atoms with E-state index in [9.17, 15) is 14.4 Å². The number of hydrogen-bond acceptors (Lipinski definition) is 4. The average molecular weight is 386 g/mol. The molecule has 1 aromatic rings. The van der Waals surface area contributed by atoms with Crippen LogP contribution < -0.4 is 10.6 Å². The zero-order chi connectivity index (χ0) is 20.3. The molecule has 1 atom stereocenters. The molecule has 3 amide bonds. The minimum absolute atomic E-state index is 0.00262. The number of nitrogens with one attached hydrogen (secondary N) is 2. The summed E-state index contributed by atoms with van der Waals surface area (Å²) in [6.45, 7) is 7.82. The van der Waals surface area contributed by atoms with Gasteiger partial charge >= 0.3 is 0 Å². The molecule has 152 valence electrons. The highest BCUT2D eigenvalue weighted by molar-refractivity contribution is 5.88. The first-order valence-electron chi connectivity index (χ1n) is 9.92. The summed E-state index contributed by atoms with van der Waals surface area (Å²) in [7, 11) is 0. The van der Waals surface area contributed by atoms with Crippen molar-refractivity contribution < 1.29 is 14.4 Å². The van der Waals surface area contributed by atoms with Crippen LogP contribution in [0.15, 0.2) is 24.3 Å². The van der Waals surface area contributed by atoms with E-state index in [-0.39, 0.29) is 29.3 Å². The van der Waals surface area contributed by atoms with Crippen LogP contribution in [0.2, 0.25) is 0 Å². The number of carbonyl (C=O) groups is 3. The molecule has 0 saturated carbocycles. The maximum atomic E-state index is 11.7. The van der Waals surface area contributed by atoms with E-state index in [0.29, 0.717) is 0 Å². The number of anilines is 1. The van der Waals surface area contributed by atoms with Gasteiger partial charge in [0, 0.05) is 64.2 Å². The zero-order valence-corrected chi connectivity index (χ0v) is 17.0. The number of nitrogens with zero attached hydrogens (tertiary/aromatic N) is 2. The van der Waals surface area contributed by atoms with Crippen molar-refractivity contribution in [3.8, 4) is 0 Å². The maximum absolute atomic E-state index is 11.7. The minimum atomic E-state index is -0.0818. The third-order valence-electron chi connectivity index (χ3n) is 5.93. The summed E-state index contributed by atoms with van der Waals surface area (Å²) in [6.07, 6.45) is 2.77. The van der Waals surface area contributed by atoms with Crippen LogP contribution in [0.5, 0.6) is 0 Å². The van der Waals surface area contributed by atoms with Crippen molar-refractivity contribution >= 4 is 23.4 Å². The number of benzene rings is 1. The van der Waals surface area contributed by atoms with Crippen LogP contribution in [0, 0.1) is 0 Å². The normalized spacial score (nSPS) is 21.5. The number of carbonyl (C=O) groups excluding carboxylic acids is 3. The second-order valence-electron chi connectivity index (χ2n) is 8.09. The average Bonchev–Trinajstić information content (AvgIpc) is 2.92. The van der Waals surface area contributed by atoms with E-state index >= 15 is 0 Å². The van der Waals surface area contributed by atoms with Crippen molar-refractivity contribution in [1.29, 1.82) is 0 Å². The number of piperidine rings is 1. The van der Waals surface area contributed by atoms with Crippen LogP contribution in [0.3, 0.4) is 0 Å². The third-order valence-corrected chi connectivity index (χ3v) is 5.93. The summed E-state index contributed by atoms with van der Waals surface area (Å²) in [5, 5.41) is 5.87. The highest BCUT2D eigenvalue weighted by atomic mass is 16.2. The molecular formula is C21H30N4O3. The van der Waals surface area contributed by atoms with Crippen molar-refractivity contribution in [1.82, 2.24) is 15.1 Å². The van der Waals surface area contributed by atoms with Crippen LogP contribution >= 0.6 is 0 Å². The molecule has 2 heterocycles. The Balaban J connectivity index is 1.73. The molecule has 2 aliphatic heterocycles. The third kappa shape index (κ3) is 4.70. The molecule has 0 unspecified atom stereocenters. The van der Waals surface area contributed by atoms with Gasteiger partial charge in [0.25, 0.3) is 0 Å². The number of likely N-dealkylation sites (tertiary alicyclic amines) is 2. The summed E-state index contributed by atoms with van der Waals surface area (Å²) < 4.78 is 0. The van der Waals surface area contributed by atoms with E-state index in [0.717, 1.165) is 51.1 Å². The lowest BCUT2D eigenvalue weighted by atomic mass is 9.84. The molecule has 28 heavy (non-hydrogen) atoms. The van der Waals surface area contributed by atoms with Crippen molar-refractivity contribution in [3.63, 3.8) is 0 Å². The van der Waals surface area contributed by atoms with Crippen LogP contribution in [0.25, 0.3) is 0 Å². The largest absolute Gasteiger partial charge is 0.352 e. The number of rotatable bonds is 4. The Hall–Kier alpha value is -2.41. The van der Waals surface area contributed by atoms with Gasteiger partial charge < -0.3 is 15.5 Å². The first kappa shape index (κ1) is 20.3. The quantitative estimate of drug-likeness (QED) is 0.826. The SMILES string of the molecule is CC(=O)Nc1ccc(CN2C[C@H](NC(C)=O)CC23CCN(C(C)=O)CC3)cc1. The van der Waals surface area contributed by atoms with E-state index in [1.54, 1.807) is 13.8 Å². The molecule has 2 aliphatic rings. The van der Waals surface area contributed by atoms with Crippen LogP contribution in [-0.4, -0.2) is 58.7 Å². The number of amides is 3. The molecule has 1 spiro atoms. The summed E-state index contributed by atoms with van der Waals surface area (Å²) >= 11 is 0. The molecule has 0 aromatic heterocycles. The fraction of sp³-hybridized carbons (Fsp3) is 0.571. The van der Waals surface area contributed by atoms with E-state index in [1.807, 2.05) is 29.2 Å². The minimum Gasteiger partial charge on any atom is -0.352 e. The molecular weight excluding hydrogens is 356 g/mol. The Morgan fingerprint density at radius 1 is 1.04 bits per heavy atom. The van der Waals surface area contributed by atoms with Crippen LogP contribution in [0.4, 0.5) is 5.69 Å². The number of hydrogen-bond donors (Lipinski definition) is 2. The Bertz CT molecular complexity index is 739. The molecule has 2 fully saturated rings. The van der Waals surface area contributed by atoms with Gasteiger partial charge in [-0.05, 0) is 37.0 Å². The fourth-order valence-corrected chi connectivity index (χ4v) is 4.60. The summed E-state index contributed by atoms with van der Waals surface area (Å²) in [5.74, 6) is 0.0517. The van der Waals surface area contributed by atoms with E-state index < -0.39 is 0 Å². The second kappa shape index (κ2) is 8.31. The van der Waals surface area contributed by atoms with Crippen molar-refractivity contribution in [3.05, 3.63) is 29.8 Å². The Kier molecular flexibility index (Phi) is 6.03. The Morgan fingerprint density at radius 3 is 2.21 bits per heavy atom. The van der Waals surface area contributed by atoms with Gasteiger partial charge in [0.05, 0.1) is 0 Å². The summed E-state index contributed by atoms with van der Waals surface area (Å²) in [5.41, 5.74) is 1.97. The maximum Gasteiger partial charge on any atom is 0.221 e. The topological polar surface area (TPSA) is 81.8 Å². The molecule has 7 heteroatoms. The zero-order valence-electron chi connectivity index (χ0n) is 17.0. The summed E-state index contributed by atoms with van der Waals surface area (Å²) in [4.78, 5) is 38.9. The molecule has 3 rings (SSSR count). The first-order valence-corrected chi connectivity index (χ1v) is 9.92. The lowest BCUT2D eigenvalue weighted by Crippen LogP contribution is -2.52. The molecule has 7 nitrogen and oxygen atoms in total. The predicted molar refractivity (Wildman–Crippen MR) is 108 cm³/mol. The van der Waals surface area contributed by atoms with E-state index in [4.69, 9.17) is 0 Å². The summed E-state index contributed by atoms with van der Waals surface area (Å²) in [6, 6.07) is 8.05. The Labute approximate surface area is 166 Å². The second-order valence-corrected chi connectivity index (χ2v) is 8.09. The van der Waals surface area contributed by atoms with Gasteiger partial charge in [0.15, 0.2) is 0 Å². The van der Waals surface area contributed by atoms with Crippen molar-refractivity contribution in [2.45, 2.75) is 58.2 Å². The molecule has 0 bridgehead atoms.